The van der Waals surface area contributed by atoms with Gasteiger partial charge in [0.15, 0.2) is 0 Å². The predicted octanol–water partition coefficient (Wildman–Crippen LogP) is 1.82. The van der Waals surface area contributed by atoms with Crippen molar-refractivity contribution in [3.8, 4) is 0 Å². The number of amides is 1. The first-order valence-corrected chi connectivity index (χ1v) is 5.40. The molecule has 0 spiro atoms. The molecule has 0 bridgehead atoms. The third-order valence-electron chi connectivity index (χ3n) is 2.03. The van der Waals surface area contributed by atoms with Crippen LogP contribution in [-0.4, -0.2) is 27.8 Å². The van der Waals surface area contributed by atoms with Crippen molar-refractivity contribution in [2.75, 3.05) is 13.1 Å². The van der Waals surface area contributed by atoms with E-state index >= 15 is 0 Å². The van der Waals surface area contributed by atoms with Crippen LogP contribution in [0.2, 0.25) is 0 Å². The maximum atomic E-state index is 11.1. The van der Waals surface area contributed by atoms with Crippen LogP contribution in [0.15, 0.2) is 0 Å². The molecule has 1 saturated heterocycles. The number of hydrogen-bond donors (Lipinski definition) is 0. The van der Waals surface area contributed by atoms with E-state index < -0.39 is 0 Å². The maximum absolute atomic E-state index is 11.1. The summed E-state index contributed by atoms with van der Waals surface area (Å²) in [5, 5.41) is 0. The van der Waals surface area contributed by atoms with E-state index in [2.05, 4.69) is 29.5 Å². The van der Waals surface area contributed by atoms with Crippen LogP contribution in [0.25, 0.3) is 0 Å². The molecule has 1 unspecified atom stereocenters. The van der Waals surface area contributed by atoms with Gasteiger partial charge >= 0.3 is 0 Å². The Morgan fingerprint density at radius 1 is 1.73 bits per heavy atom. The van der Waals surface area contributed by atoms with E-state index in [1.54, 1.807) is 0 Å². The smallest absolute Gasteiger partial charge is 0.222 e. The fraction of sp³-hybridized carbons (Fsp3) is 0.875. The molecule has 3 heteroatoms. The Hall–Kier alpha value is 0.200. The summed E-state index contributed by atoms with van der Waals surface area (Å²) in [7, 11) is 0. The molecule has 0 radical (unpaired) electrons. The zero-order valence-corrected chi connectivity index (χ0v) is 9.00. The van der Waals surface area contributed by atoms with Gasteiger partial charge in [-0.3, -0.25) is 4.79 Å². The van der Waals surface area contributed by atoms with E-state index in [4.69, 9.17) is 0 Å². The lowest BCUT2D eigenvalue weighted by Crippen LogP contribution is -2.30. The molecule has 0 saturated carbocycles. The van der Waals surface area contributed by atoms with Crippen molar-refractivity contribution in [3.05, 3.63) is 0 Å². The molecule has 1 aliphatic rings. The average Bonchev–Trinajstić information content (AvgIpc) is 2.37. The summed E-state index contributed by atoms with van der Waals surface area (Å²) < 4.78 is 0.634. The highest BCUT2D eigenvalue weighted by atomic mass is 127. The van der Waals surface area contributed by atoms with Gasteiger partial charge in [-0.05, 0) is 12.8 Å². The molecule has 1 heterocycles. The fourth-order valence-electron chi connectivity index (χ4n) is 1.27. The minimum atomic E-state index is 0.347. The number of alkyl halides is 1. The Bertz CT molecular complexity index is 149. The maximum Gasteiger partial charge on any atom is 0.222 e. The van der Waals surface area contributed by atoms with Gasteiger partial charge < -0.3 is 4.90 Å². The van der Waals surface area contributed by atoms with Gasteiger partial charge in [0.2, 0.25) is 5.91 Å². The molecule has 11 heavy (non-hydrogen) atoms. The van der Waals surface area contributed by atoms with Crippen molar-refractivity contribution in [1.82, 2.24) is 4.90 Å². The van der Waals surface area contributed by atoms with Gasteiger partial charge in [-0.2, -0.15) is 0 Å². The largest absolute Gasteiger partial charge is 0.342 e. The van der Waals surface area contributed by atoms with Gasteiger partial charge in [-0.25, -0.2) is 0 Å². The Balaban J connectivity index is 2.30. The van der Waals surface area contributed by atoms with Crippen molar-refractivity contribution in [2.45, 2.75) is 30.1 Å². The number of carbonyl (C=O) groups is 1. The Morgan fingerprint density at radius 3 is 2.91 bits per heavy atom. The van der Waals surface area contributed by atoms with Crippen LogP contribution < -0.4 is 0 Å². The Morgan fingerprint density at radius 2 is 2.45 bits per heavy atom. The van der Waals surface area contributed by atoms with E-state index in [-0.39, 0.29) is 0 Å². The van der Waals surface area contributed by atoms with Crippen molar-refractivity contribution in [1.29, 1.82) is 0 Å². The normalized spacial score (nSPS) is 20.9. The molecule has 0 N–H and O–H groups in total. The molecular weight excluding hydrogens is 253 g/mol. The number of hydrogen-bond acceptors (Lipinski definition) is 1. The number of nitrogens with zero attached hydrogens (tertiary/aromatic N) is 1. The van der Waals surface area contributed by atoms with Crippen LogP contribution in [0.4, 0.5) is 0 Å². The molecule has 1 amide bonds. The van der Waals surface area contributed by atoms with Crippen molar-refractivity contribution >= 4 is 28.5 Å². The lowest BCUT2D eigenvalue weighted by atomic mass is 10.3. The Kier molecular flexibility index (Phi) is 3.62. The molecule has 1 aliphatic heterocycles. The van der Waals surface area contributed by atoms with E-state index in [0.29, 0.717) is 9.83 Å². The van der Waals surface area contributed by atoms with Crippen LogP contribution >= 0.6 is 22.6 Å². The quantitative estimate of drug-likeness (QED) is 0.564. The van der Waals surface area contributed by atoms with Crippen molar-refractivity contribution in [3.63, 3.8) is 0 Å². The van der Waals surface area contributed by atoms with Crippen molar-refractivity contribution in [2.24, 2.45) is 0 Å². The number of rotatable bonds is 3. The summed E-state index contributed by atoms with van der Waals surface area (Å²) in [5.41, 5.74) is 0. The first-order valence-electron chi connectivity index (χ1n) is 4.16. The third kappa shape index (κ3) is 2.61. The van der Waals surface area contributed by atoms with Gasteiger partial charge in [-0.1, -0.05) is 29.5 Å². The SMILES string of the molecule is CCC(I)CN1CCCC1=O. The second-order valence-electron chi connectivity index (χ2n) is 2.95. The molecule has 0 aromatic carbocycles. The lowest BCUT2D eigenvalue weighted by Gasteiger charge is -2.18. The van der Waals surface area contributed by atoms with Crippen molar-refractivity contribution < 1.29 is 4.79 Å². The second-order valence-corrected chi connectivity index (χ2v) is 4.71. The summed E-state index contributed by atoms with van der Waals surface area (Å²) in [5.74, 6) is 0.347. The van der Waals surface area contributed by atoms with Crippen LogP contribution in [-0.2, 0) is 4.79 Å². The molecule has 1 fully saturated rings. The average molecular weight is 267 g/mol. The lowest BCUT2D eigenvalue weighted by molar-refractivity contribution is -0.127. The first kappa shape index (κ1) is 9.29. The molecular formula is C8H14INO. The van der Waals surface area contributed by atoms with Gasteiger partial charge in [0, 0.05) is 23.4 Å². The summed E-state index contributed by atoms with van der Waals surface area (Å²) in [4.78, 5) is 13.1. The molecule has 0 aliphatic carbocycles. The Labute approximate surface area is 81.5 Å². The highest BCUT2D eigenvalue weighted by Gasteiger charge is 2.21. The minimum Gasteiger partial charge on any atom is -0.342 e. The zero-order chi connectivity index (χ0) is 8.27. The monoisotopic (exact) mass is 267 g/mol. The second kappa shape index (κ2) is 4.28. The topological polar surface area (TPSA) is 20.3 Å². The standard InChI is InChI=1S/C8H14INO/c1-2-7(9)6-10-5-3-4-8(10)11/h7H,2-6H2,1H3. The van der Waals surface area contributed by atoms with Crippen LogP contribution in [0.1, 0.15) is 26.2 Å². The van der Waals surface area contributed by atoms with E-state index in [9.17, 15) is 4.79 Å². The molecule has 1 atom stereocenters. The third-order valence-corrected chi connectivity index (χ3v) is 3.31. The number of carbonyl (C=O) groups excluding carboxylic acids is 1. The molecule has 0 aromatic rings. The minimum absolute atomic E-state index is 0.347. The molecule has 2 nitrogen and oxygen atoms in total. The number of likely N-dealkylation sites (tertiary alicyclic amines) is 1. The van der Waals surface area contributed by atoms with Crippen LogP contribution in [0.3, 0.4) is 0 Å². The van der Waals surface area contributed by atoms with E-state index in [1.165, 1.54) is 0 Å². The van der Waals surface area contributed by atoms with E-state index in [1.807, 2.05) is 4.90 Å². The summed E-state index contributed by atoms with van der Waals surface area (Å²) >= 11 is 2.41. The fourth-order valence-corrected chi connectivity index (χ4v) is 1.74. The molecule has 64 valence electrons. The number of halogens is 1. The zero-order valence-electron chi connectivity index (χ0n) is 6.85. The highest BCUT2D eigenvalue weighted by molar-refractivity contribution is 14.1. The summed E-state index contributed by atoms with van der Waals surface area (Å²) in [6, 6.07) is 0. The van der Waals surface area contributed by atoms with Gasteiger partial charge in [0.25, 0.3) is 0 Å². The first-order chi connectivity index (χ1) is 5.24. The van der Waals surface area contributed by atoms with E-state index in [0.717, 1.165) is 32.4 Å². The summed E-state index contributed by atoms with van der Waals surface area (Å²) in [6.45, 7) is 4.10. The molecule has 0 aromatic heterocycles. The van der Waals surface area contributed by atoms with Gasteiger partial charge in [-0.15, -0.1) is 0 Å². The van der Waals surface area contributed by atoms with Gasteiger partial charge in [0.05, 0.1) is 0 Å². The molecule has 1 rings (SSSR count). The summed E-state index contributed by atoms with van der Waals surface area (Å²) in [6.07, 6.45) is 2.99. The van der Waals surface area contributed by atoms with Crippen LogP contribution in [0.5, 0.6) is 0 Å². The highest BCUT2D eigenvalue weighted by Crippen LogP contribution is 2.14. The predicted molar refractivity (Wildman–Crippen MR) is 53.9 cm³/mol. The van der Waals surface area contributed by atoms with Crippen LogP contribution in [0, 0.1) is 0 Å². The van der Waals surface area contributed by atoms with Gasteiger partial charge in [0.1, 0.15) is 0 Å².